The molecule has 0 saturated heterocycles. The van der Waals surface area contributed by atoms with Gasteiger partial charge in [-0.25, -0.2) is 0 Å². The van der Waals surface area contributed by atoms with E-state index < -0.39 is 0 Å². The molecule has 0 aliphatic rings. The van der Waals surface area contributed by atoms with E-state index in [0.29, 0.717) is 11.3 Å². The molecular weight excluding hydrogens is 264 g/mol. The van der Waals surface area contributed by atoms with Crippen molar-refractivity contribution in [3.05, 3.63) is 58.9 Å². The zero-order valence-corrected chi connectivity index (χ0v) is 12.0. The number of carbonyl (C=O) groups is 1. The molecule has 1 aromatic carbocycles. The van der Waals surface area contributed by atoms with Crippen LogP contribution in [0, 0.1) is 25.7 Å². The molecule has 4 heteroatoms. The second-order valence-corrected chi connectivity index (χ2v) is 4.69. The van der Waals surface area contributed by atoms with Crippen LogP contribution in [0.3, 0.4) is 0 Å². The zero-order valence-electron chi connectivity index (χ0n) is 12.0. The number of aliphatic hydroxyl groups is 1. The molecule has 0 bridgehead atoms. The van der Waals surface area contributed by atoms with Gasteiger partial charge in [-0.05, 0) is 49.2 Å². The minimum Gasteiger partial charge on any atom is -0.384 e. The average Bonchev–Trinajstić information content (AvgIpc) is 2.46. The molecule has 0 aliphatic heterocycles. The molecule has 0 unspecified atom stereocenters. The average molecular weight is 280 g/mol. The molecule has 1 aromatic heterocycles. The Morgan fingerprint density at radius 1 is 1.29 bits per heavy atom. The van der Waals surface area contributed by atoms with Crippen LogP contribution in [-0.4, -0.2) is 22.6 Å². The molecule has 106 valence electrons. The minimum absolute atomic E-state index is 0.168. The van der Waals surface area contributed by atoms with Gasteiger partial charge >= 0.3 is 0 Å². The molecule has 2 aromatic rings. The lowest BCUT2D eigenvalue weighted by atomic mass is 10.1. The third-order valence-electron chi connectivity index (χ3n) is 2.92. The van der Waals surface area contributed by atoms with Gasteiger partial charge < -0.3 is 10.4 Å². The van der Waals surface area contributed by atoms with E-state index in [0.717, 1.165) is 16.7 Å². The summed E-state index contributed by atoms with van der Waals surface area (Å²) in [5.74, 6) is 5.27. The highest BCUT2D eigenvalue weighted by molar-refractivity contribution is 6.04. The standard InChI is InChI=1S/C17H16N2O2/c1-12-8-15(11-18-10-12)17(21)19-16-6-5-14(4-3-7-20)13(2)9-16/h5-6,8-11,20H,7H2,1-2H3,(H,19,21). The van der Waals surface area contributed by atoms with Gasteiger partial charge in [0.1, 0.15) is 6.61 Å². The Balaban J connectivity index is 2.17. The Kier molecular flexibility index (Phi) is 4.70. The van der Waals surface area contributed by atoms with Crippen LogP contribution in [0.5, 0.6) is 0 Å². The van der Waals surface area contributed by atoms with Crippen LogP contribution in [0.1, 0.15) is 27.0 Å². The molecular formula is C17H16N2O2. The van der Waals surface area contributed by atoms with Crippen molar-refractivity contribution in [1.82, 2.24) is 4.98 Å². The maximum Gasteiger partial charge on any atom is 0.257 e. The van der Waals surface area contributed by atoms with E-state index in [1.54, 1.807) is 18.3 Å². The van der Waals surface area contributed by atoms with Gasteiger partial charge in [0, 0.05) is 23.6 Å². The molecule has 21 heavy (non-hydrogen) atoms. The van der Waals surface area contributed by atoms with Crippen LogP contribution in [0.25, 0.3) is 0 Å². The number of nitrogens with zero attached hydrogens (tertiary/aromatic N) is 1. The molecule has 2 rings (SSSR count). The first-order valence-corrected chi connectivity index (χ1v) is 6.53. The summed E-state index contributed by atoms with van der Waals surface area (Å²) in [7, 11) is 0. The van der Waals surface area contributed by atoms with E-state index in [2.05, 4.69) is 22.1 Å². The second-order valence-electron chi connectivity index (χ2n) is 4.69. The molecule has 0 fully saturated rings. The molecule has 2 N–H and O–H groups in total. The number of aromatic nitrogens is 1. The molecule has 0 saturated carbocycles. The number of rotatable bonds is 2. The normalized spacial score (nSPS) is 9.67. The fraction of sp³-hybridized carbons (Fsp3) is 0.176. The van der Waals surface area contributed by atoms with Gasteiger partial charge in [-0.15, -0.1) is 0 Å². The number of amides is 1. The highest BCUT2D eigenvalue weighted by atomic mass is 16.2. The number of hydrogen-bond acceptors (Lipinski definition) is 3. The van der Waals surface area contributed by atoms with Crippen molar-refractivity contribution in [2.75, 3.05) is 11.9 Å². The van der Waals surface area contributed by atoms with Crippen LogP contribution in [0.4, 0.5) is 5.69 Å². The number of nitrogens with one attached hydrogen (secondary N) is 1. The summed E-state index contributed by atoms with van der Waals surface area (Å²) in [6, 6.07) is 7.25. The smallest absolute Gasteiger partial charge is 0.257 e. The third kappa shape index (κ3) is 3.91. The molecule has 0 spiro atoms. The van der Waals surface area contributed by atoms with Gasteiger partial charge in [0.25, 0.3) is 5.91 Å². The van der Waals surface area contributed by atoms with Crippen molar-refractivity contribution in [3.63, 3.8) is 0 Å². The topological polar surface area (TPSA) is 62.2 Å². The monoisotopic (exact) mass is 280 g/mol. The second kappa shape index (κ2) is 6.69. The quantitative estimate of drug-likeness (QED) is 0.830. The summed E-state index contributed by atoms with van der Waals surface area (Å²) in [5, 5.41) is 11.5. The highest BCUT2D eigenvalue weighted by Gasteiger charge is 2.07. The van der Waals surface area contributed by atoms with Crippen LogP contribution < -0.4 is 5.32 Å². The summed E-state index contributed by atoms with van der Waals surface area (Å²) >= 11 is 0. The lowest BCUT2D eigenvalue weighted by Crippen LogP contribution is -2.12. The number of pyridine rings is 1. The Morgan fingerprint density at radius 3 is 2.76 bits per heavy atom. The summed E-state index contributed by atoms with van der Waals surface area (Å²) in [4.78, 5) is 16.1. The van der Waals surface area contributed by atoms with E-state index >= 15 is 0 Å². The SMILES string of the molecule is Cc1cncc(C(=O)Nc2ccc(C#CCO)c(C)c2)c1. The molecule has 0 radical (unpaired) electrons. The van der Waals surface area contributed by atoms with Crippen molar-refractivity contribution >= 4 is 11.6 Å². The lowest BCUT2D eigenvalue weighted by molar-refractivity contribution is 0.102. The fourth-order valence-electron chi connectivity index (χ4n) is 1.90. The largest absolute Gasteiger partial charge is 0.384 e. The maximum absolute atomic E-state index is 12.1. The third-order valence-corrected chi connectivity index (χ3v) is 2.92. The van der Waals surface area contributed by atoms with Gasteiger partial charge in [0.2, 0.25) is 0 Å². The van der Waals surface area contributed by atoms with Crippen LogP contribution in [-0.2, 0) is 0 Å². The van der Waals surface area contributed by atoms with E-state index in [9.17, 15) is 4.79 Å². The molecule has 0 atom stereocenters. The number of aliphatic hydroxyl groups excluding tert-OH is 1. The number of carbonyl (C=O) groups excluding carboxylic acids is 1. The molecule has 1 heterocycles. The van der Waals surface area contributed by atoms with Gasteiger partial charge in [-0.3, -0.25) is 9.78 Å². The predicted octanol–water partition coefficient (Wildman–Crippen LogP) is 2.29. The molecule has 0 aliphatic carbocycles. The Labute approximate surface area is 123 Å². The van der Waals surface area contributed by atoms with Gasteiger partial charge in [0.15, 0.2) is 0 Å². The number of anilines is 1. The van der Waals surface area contributed by atoms with Crippen molar-refractivity contribution in [3.8, 4) is 11.8 Å². The van der Waals surface area contributed by atoms with Crippen LogP contribution >= 0.6 is 0 Å². The first-order valence-electron chi connectivity index (χ1n) is 6.53. The van der Waals surface area contributed by atoms with Crippen molar-refractivity contribution in [2.45, 2.75) is 13.8 Å². The van der Waals surface area contributed by atoms with Crippen molar-refractivity contribution < 1.29 is 9.90 Å². The highest BCUT2D eigenvalue weighted by Crippen LogP contribution is 2.15. The van der Waals surface area contributed by atoms with E-state index in [-0.39, 0.29) is 12.5 Å². The van der Waals surface area contributed by atoms with E-state index in [1.807, 2.05) is 26.0 Å². The molecule has 4 nitrogen and oxygen atoms in total. The number of aryl methyl sites for hydroxylation is 2. The fourth-order valence-corrected chi connectivity index (χ4v) is 1.90. The maximum atomic E-state index is 12.1. The zero-order chi connectivity index (χ0) is 15.2. The van der Waals surface area contributed by atoms with Crippen molar-refractivity contribution in [1.29, 1.82) is 0 Å². The summed E-state index contributed by atoms with van der Waals surface area (Å²) < 4.78 is 0. The van der Waals surface area contributed by atoms with Gasteiger partial charge in [0.05, 0.1) is 5.56 Å². The van der Waals surface area contributed by atoms with Gasteiger partial charge in [-0.1, -0.05) is 11.8 Å². The predicted molar refractivity (Wildman–Crippen MR) is 82.1 cm³/mol. The van der Waals surface area contributed by atoms with E-state index in [4.69, 9.17) is 5.11 Å². The summed E-state index contributed by atoms with van der Waals surface area (Å²) in [6.45, 7) is 3.63. The molecule has 1 amide bonds. The van der Waals surface area contributed by atoms with Crippen LogP contribution in [0.15, 0.2) is 36.7 Å². The Bertz CT molecular complexity index is 727. The first-order chi connectivity index (χ1) is 10.1. The lowest BCUT2D eigenvalue weighted by Gasteiger charge is -2.07. The minimum atomic E-state index is -0.195. The van der Waals surface area contributed by atoms with Gasteiger partial charge in [-0.2, -0.15) is 0 Å². The van der Waals surface area contributed by atoms with E-state index in [1.165, 1.54) is 6.20 Å². The Morgan fingerprint density at radius 2 is 2.10 bits per heavy atom. The Hall–Kier alpha value is -2.64. The summed E-state index contributed by atoms with van der Waals surface area (Å²) in [5.41, 5.74) is 3.94. The first kappa shape index (κ1) is 14.8. The number of hydrogen-bond donors (Lipinski definition) is 2. The van der Waals surface area contributed by atoms with Crippen molar-refractivity contribution in [2.24, 2.45) is 0 Å². The number of benzene rings is 1. The summed E-state index contributed by atoms with van der Waals surface area (Å²) in [6.07, 6.45) is 3.24. The van der Waals surface area contributed by atoms with Crippen LogP contribution in [0.2, 0.25) is 0 Å².